The fourth-order valence-electron chi connectivity index (χ4n) is 2.08. The first kappa shape index (κ1) is 12.2. The van der Waals surface area contributed by atoms with Crippen LogP contribution in [0.1, 0.15) is 25.3 Å². The Morgan fingerprint density at radius 2 is 1.88 bits per heavy atom. The SMILES string of the molecule is CC1CC(Nc2c(F)cc(C(N)=S)cc2F)C1. The lowest BCUT2D eigenvalue weighted by molar-refractivity contribution is 0.307. The molecule has 0 unspecified atom stereocenters. The highest BCUT2D eigenvalue weighted by Crippen LogP contribution is 2.31. The first-order valence-electron chi connectivity index (χ1n) is 5.52. The highest BCUT2D eigenvalue weighted by atomic mass is 32.1. The van der Waals surface area contributed by atoms with Gasteiger partial charge in [-0.05, 0) is 30.9 Å². The summed E-state index contributed by atoms with van der Waals surface area (Å²) in [5.74, 6) is -0.672. The summed E-state index contributed by atoms with van der Waals surface area (Å²) in [5.41, 5.74) is 5.47. The first-order valence-corrected chi connectivity index (χ1v) is 5.93. The van der Waals surface area contributed by atoms with E-state index < -0.39 is 11.6 Å². The number of benzene rings is 1. The second-order valence-electron chi connectivity index (χ2n) is 4.60. The van der Waals surface area contributed by atoms with Crippen LogP contribution in [-0.2, 0) is 0 Å². The van der Waals surface area contributed by atoms with Crippen LogP contribution >= 0.6 is 12.2 Å². The third kappa shape index (κ3) is 2.54. The molecule has 2 nitrogen and oxygen atoms in total. The van der Waals surface area contributed by atoms with Gasteiger partial charge >= 0.3 is 0 Å². The summed E-state index contributed by atoms with van der Waals surface area (Å²) in [6.07, 6.45) is 1.88. The van der Waals surface area contributed by atoms with E-state index in [1.54, 1.807) is 0 Å². The summed E-state index contributed by atoms with van der Waals surface area (Å²) in [7, 11) is 0. The van der Waals surface area contributed by atoms with Crippen LogP contribution in [0.5, 0.6) is 0 Å². The molecule has 0 amide bonds. The Kier molecular flexibility index (Phi) is 3.28. The van der Waals surface area contributed by atoms with Gasteiger partial charge in [0.25, 0.3) is 0 Å². The Bertz CT molecular complexity index is 433. The molecule has 0 heterocycles. The molecule has 0 spiro atoms. The zero-order chi connectivity index (χ0) is 12.6. The van der Waals surface area contributed by atoms with Gasteiger partial charge in [0, 0.05) is 11.6 Å². The Morgan fingerprint density at radius 3 is 2.29 bits per heavy atom. The molecule has 0 radical (unpaired) electrons. The minimum absolute atomic E-state index is 0.00776. The summed E-state index contributed by atoms with van der Waals surface area (Å²) in [6.45, 7) is 2.11. The number of nitrogens with two attached hydrogens (primary N) is 1. The van der Waals surface area contributed by atoms with Crippen LogP contribution in [-0.4, -0.2) is 11.0 Å². The minimum Gasteiger partial charge on any atom is -0.389 e. The van der Waals surface area contributed by atoms with E-state index in [2.05, 4.69) is 24.5 Å². The third-order valence-electron chi connectivity index (χ3n) is 3.05. The van der Waals surface area contributed by atoms with Gasteiger partial charge in [-0.3, -0.25) is 0 Å². The summed E-state index contributed by atoms with van der Waals surface area (Å²) in [6, 6.07) is 2.48. The third-order valence-corrected chi connectivity index (χ3v) is 3.28. The predicted molar refractivity (Wildman–Crippen MR) is 68.1 cm³/mol. The number of thiocarbonyl (C=S) groups is 1. The van der Waals surface area contributed by atoms with Crippen molar-refractivity contribution in [3.8, 4) is 0 Å². The first-order chi connectivity index (χ1) is 7.97. The molecule has 1 aromatic rings. The number of halogens is 2. The molecule has 5 heteroatoms. The molecule has 3 N–H and O–H groups in total. The van der Waals surface area contributed by atoms with E-state index in [0.717, 1.165) is 25.0 Å². The number of hydrogen-bond acceptors (Lipinski definition) is 2. The number of nitrogens with one attached hydrogen (secondary N) is 1. The minimum atomic E-state index is -0.646. The molecule has 0 aromatic heterocycles. The molecule has 1 aromatic carbocycles. The molecule has 0 aliphatic heterocycles. The maximum atomic E-state index is 13.7. The Labute approximate surface area is 104 Å². The lowest BCUT2D eigenvalue weighted by Crippen LogP contribution is -2.34. The fraction of sp³-hybridized carbons (Fsp3) is 0.417. The van der Waals surface area contributed by atoms with Gasteiger partial charge in [0.15, 0.2) is 0 Å². The summed E-state index contributed by atoms with van der Waals surface area (Å²) >= 11 is 4.69. The average Bonchev–Trinajstić information content (AvgIpc) is 2.19. The second-order valence-corrected chi connectivity index (χ2v) is 5.04. The summed E-state index contributed by atoms with van der Waals surface area (Å²) < 4.78 is 27.3. The van der Waals surface area contributed by atoms with E-state index in [1.165, 1.54) is 0 Å². The number of hydrogen-bond donors (Lipinski definition) is 2. The lowest BCUT2D eigenvalue weighted by Gasteiger charge is -2.34. The number of anilines is 1. The van der Waals surface area contributed by atoms with Crippen LogP contribution in [0.3, 0.4) is 0 Å². The summed E-state index contributed by atoms with van der Waals surface area (Å²) in [4.78, 5) is -0.00776. The smallest absolute Gasteiger partial charge is 0.150 e. The molecule has 17 heavy (non-hydrogen) atoms. The van der Waals surface area contributed by atoms with Crippen molar-refractivity contribution in [2.45, 2.75) is 25.8 Å². The molecule has 2 rings (SSSR count). The highest BCUT2D eigenvalue weighted by molar-refractivity contribution is 7.80. The zero-order valence-corrected chi connectivity index (χ0v) is 10.3. The molecular formula is C12H14F2N2S. The number of rotatable bonds is 3. The van der Waals surface area contributed by atoms with Crippen LogP contribution in [0.25, 0.3) is 0 Å². The van der Waals surface area contributed by atoms with E-state index in [9.17, 15) is 8.78 Å². The molecule has 1 saturated carbocycles. The van der Waals surface area contributed by atoms with Crippen molar-refractivity contribution in [3.63, 3.8) is 0 Å². The maximum Gasteiger partial charge on any atom is 0.150 e. The van der Waals surface area contributed by atoms with E-state index >= 15 is 0 Å². The van der Waals surface area contributed by atoms with Crippen LogP contribution < -0.4 is 11.1 Å². The van der Waals surface area contributed by atoms with Crippen molar-refractivity contribution in [1.29, 1.82) is 0 Å². The molecule has 0 saturated heterocycles. The van der Waals surface area contributed by atoms with Crippen molar-refractivity contribution in [2.24, 2.45) is 11.7 Å². The van der Waals surface area contributed by atoms with Gasteiger partial charge in [0.2, 0.25) is 0 Å². The second kappa shape index (κ2) is 4.56. The largest absolute Gasteiger partial charge is 0.389 e. The predicted octanol–water partition coefficient (Wildman–Crippen LogP) is 2.81. The molecule has 92 valence electrons. The quantitative estimate of drug-likeness (QED) is 0.817. The topological polar surface area (TPSA) is 38.0 Å². The Balaban J connectivity index is 2.20. The van der Waals surface area contributed by atoms with Gasteiger partial charge in [0.1, 0.15) is 22.3 Å². The van der Waals surface area contributed by atoms with E-state index in [4.69, 9.17) is 5.73 Å². The molecule has 0 bridgehead atoms. The molecule has 1 fully saturated rings. The monoisotopic (exact) mass is 256 g/mol. The molecule has 1 aliphatic carbocycles. The summed E-state index contributed by atoms with van der Waals surface area (Å²) in [5, 5.41) is 2.88. The fourth-order valence-corrected chi connectivity index (χ4v) is 2.20. The van der Waals surface area contributed by atoms with Gasteiger partial charge in [-0.25, -0.2) is 8.78 Å². The highest BCUT2D eigenvalue weighted by Gasteiger charge is 2.27. The maximum absolute atomic E-state index is 13.7. The van der Waals surface area contributed by atoms with Gasteiger partial charge in [0.05, 0.1) is 0 Å². The van der Waals surface area contributed by atoms with Crippen LogP contribution in [0.4, 0.5) is 14.5 Å². The molecule has 1 aliphatic rings. The van der Waals surface area contributed by atoms with Crippen molar-refractivity contribution >= 4 is 22.9 Å². The molecular weight excluding hydrogens is 242 g/mol. The van der Waals surface area contributed by atoms with Crippen molar-refractivity contribution in [1.82, 2.24) is 0 Å². The zero-order valence-electron chi connectivity index (χ0n) is 9.47. The van der Waals surface area contributed by atoms with Crippen molar-refractivity contribution in [3.05, 3.63) is 29.3 Å². The van der Waals surface area contributed by atoms with Crippen molar-refractivity contribution < 1.29 is 8.78 Å². The van der Waals surface area contributed by atoms with Crippen LogP contribution in [0, 0.1) is 17.6 Å². The molecule has 0 atom stereocenters. The van der Waals surface area contributed by atoms with E-state index in [0.29, 0.717) is 5.92 Å². The lowest BCUT2D eigenvalue weighted by atomic mass is 9.82. The van der Waals surface area contributed by atoms with Crippen LogP contribution in [0.15, 0.2) is 12.1 Å². The van der Waals surface area contributed by atoms with Gasteiger partial charge in [-0.15, -0.1) is 0 Å². The van der Waals surface area contributed by atoms with Crippen LogP contribution in [0.2, 0.25) is 0 Å². The van der Waals surface area contributed by atoms with E-state index in [1.807, 2.05) is 0 Å². The van der Waals surface area contributed by atoms with Gasteiger partial charge < -0.3 is 11.1 Å². The van der Waals surface area contributed by atoms with Gasteiger partial charge in [-0.1, -0.05) is 19.1 Å². The van der Waals surface area contributed by atoms with Gasteiger partial charge in [-0.2, -0.15) is 0 Å². The van der Waals surface area contributed by atoms with E-state index in [-0.39, 0.29) is 22.3 Å². The normalized spacial score (nSPS) is 23.0. The standard InChI is InChI=1S/C12H14F2N2S/c1-6-2-8(3-6)16-11-9(13)4-7(12(15)17)5-10(11)14/h4-6,8,16H,2-3H2,1H3,(H2,15,17). The Hall–Kier alpha value is -1.23. The average molecular weight is 256 g/mol. The van der Waals surface area contributed by atoms with Crippen molar-refractivity contribution in [2.75, 3.05) is 5.32 Å². The Morgan fingerprint density at radius 1 is 1.35 bits per heavy atom.